The molecule has 0 saturated heterocycles. The van der Waals surface area contributed by atoms with Gasteiger partial charge in [-0.15, -0.1) is 0 Å². The van der Waals surface area contributed by atoms with Crippen molar-refractivity contribution >= 4 is 51.4 Å². The first-order chi connectivity index (χ1) is 26.9. The summed E-state index contributed by atoms with van der Waals surface area (Å²) < 4.78 is 17.8. The van der Waals surface area contributed by atoms with Crippen molar-refractivity contribution in [2.75, 3.05) is 14.2 Å². The third-order valence-electron chi connectivity index (χ3n) is 10.6. The summed E-state index contributed by atoms with van der Waals surface area (Å²) in [6.45, 7) is 3.88. The zero-order valence-electron chi connectivity index (χ0n) is 30.8. The molecule has 2 N–H and O–H groups in total. The number of rotatable bonds is 7. The van der Waals surface area contributed by atoms with Crippen LogP contribution < -0.4 is 0 Å². The molecular weight excluding hydrogens is 810 g/mol. The molecule has 2 aliphatic carbocycles. The van der Waals surface area contributed by atoms with Crippen LogP contribution in [0.15, 0.2) is 67.8 Å². The van der Waals surface area contributed by atoms with Crippen molar-refractivity contribution in [2.45, 2.75) is 76.0 Å². The minimum atomic E-state index is -0.347. The van der Waals surface area contributed by atoms with Crippen LogP contribution in [0.2, 0.25) is 5.15 Å². The number of halogens is 1. The molecule has 55 heavy (non-hydrogen) atoms. The van der Waals surface area contributed by atoms with Gasteiger partial charge in [0.15, 0.2) is 5.15 Å². The molecule has 0 unspecified atom stereocenters. The van der Waals surface area contributed by atoms with E-state index in [1.54, 1.807) is 30.9 Å². The number of esters is 2. The second-order valence-electron chi connectivity index (χ2n) is 13.7. The second kappa shape index (κ2) is 18.6. The summed E-state index contributed by atoms with van der Waals surface area (Å²) >= 11 is 7.83. The van der Waals surface area contributed by atoms with E-state index in [1.165, 1.54) is 95.9 Å². The summed E-state index contributed by atoms with van der Waals surface area (Å²) in [6.07, 6.45) is 20.5. The van der Waals surface area contributed by atoms with Crippen LogP contribution in [-0.4, -0.2) is 56.1 Å². The molecule has 8 rings (SSSR count). The maximum absolute atomic E-state index is 11.9. The molecule has 11 nitrogen and oxygen atoms in total. The molecule has 0 aliphatic heterocycles. The third-order valence-corrected chi connectivity index (χ3v) is 10.9. The van der Waals surface area contributed by atoms with Crippen LogP contribution in [0, 0.1) is 0 Å². The summed E-state index contributed by atoms with van der Waals surface area (Å²) in [7, 11) is 2.79. The Labute approximate surface area is 335 Å². The van der Waals surface area contributed by atoms with Gasteiger partial charge in [-0.25, -0.2) is 19.6 Å². The molecule has 2 saturated carbocycles. The van der Waals surface area contributed by atoms with Crippen molar-refractivity contribution in [3.8, 4) is 22.8 Å². The third kappa shape index (κ3) is 8.52. The Kier molecular flexibility index (Phi) is 13.5. The van der Waals surface area contributed by atoms with E-state index in [0.29, 0.717) is 33.8 Å². The number of aromatic amines is 2. The molecule has 6 aromatic rings. The Morgan fingerprint density at radius 2 is 1.13 bits per heavy atom. The molecule has 13 heteroatoms. The Hall–Kier alpha value is -4.89. The number of aromatic nitrogens is 6. The maximum atomic E-state index is 11.9. The average Bonchev–Trinajstić information content (AvgIpc) is 3.83. The van der Waals surface area contributed by atoms with Crippen molar-refractivity contribution in [1.29, 1.82) is 0 Å². The number of hydrogen-bond donors (Lipinski definition) is 2. The predicted molar refractivity (Wildman–Crippen MR) is 209 cm³/mol. The number of fused-ring (bicyclic) bond motifs is 2. The molecule has 0 atom stereocenters. The van der Waals surface area contributed by atoms with Crippen LogP contribution in [0.1, 0.15) is 114 Å². The number of hydrogen-bond acceptors (Lipinski definition) is 9. The van der Waals surface area contributed by atoms with Crippen molar-refractivity contribution < 1.29 is 41.7 Å². The molecular formula is C42H43ClN6O5Pd. The van der Waals surface area contributed by atoms with E-state index >= 15 is 0 Å². The summed E-state index contributed by atoms with van der Waals surface area (Å²) in [6, 6.07) is 11.4. The fourth-order valence-electron chi connectivity index (χ4n) is 8.11. The number of nitrogens with zero attached hydrogens (tertiary/aromatic N) is 4. The van der Waals surface area contributed by atoms with E-state index in [1.807, 2.05) is 36.4 Å². The normalized spacial score (nSPS) is 14.7. The van der Waals surface area contributed by atoms with Gasteiger partial charge in [0.2, 0.25) is 0 Å². The zero-order chi connectivity index (χ0) is 38.9. The first-order valence-corrected chi connectivity index (χ1v) is 19.4. The topological polar surface area (TPSA) is 153 Å². The predicted octanol–water partition coefficient (Wildman–Crippen LogP) is 10.1. The number of ether oxygens (including phenoxy) is 2. The van der Waals surface area contributed by atoms with Gasteiger partial charge in [0, 0.05) is 46.6 Å². The zero-order valence-corrected chi connectivity index (χ0v) is 33.1. The van der Waals surface area contributed by atoms with Gasteiger partial charge < -0.3 is 19.4 Å². The van der Waals surface area contributed by atoms with Crippen molar-refractivity contribution in [2.24, 2.45) is 0 Å². The van der Waals surface area contributed by atoms with Crippen molar-refractivity contribution in [3.05, 3.63) is 101 Å². The van der Waals surface area contributed by atoms with Gasteiger partial charge in [0.05, 0.1) is 42.4 Å². The van der Waals surface area contributed by atoms with Crippen LogP contribution in [0.5, 0.6) is 0 Å². The van der Waals surface area contributed by atoms with Crippen LogP contribution in [0.4, 0.5) is 0 Å². The van der Waals surface area contributed by atoms with Gasteiger partial charge in [0.1, 0.15) is 11.4 Å². The molecule has 0 amide bonds. The first-order valence-electron chi connectivity index (χ1n) is 18.4. The van der Waals surface area contributed by atoms with Gasteiger partial charge >= 0.3 is 34.6 Å². The van der Waals surface area contributed by atoms with Gasteiger partial charge in [0.25, 0.3) is 0 Å². The number of benzene rings is 2. The van der Waals surface area contributed by atoms with Gasteiger partial charge in [-0.1, -0.05) is 68.8 Å². The first kappa shape index (κ1) is 39.8. The minimum absolute atomic E-state index is 0.335. The van der Waals surface area contributed by atoms with Crippen molar-refractivity contribution in [1.82, 2.24) is 29.9 Å². The van der Waals surface area contributed by atoms with E-state index < -0.39 is 0 Å². The Balaban J connectivity index is 0.000000179. The van der Waals surface area contributed by atoms with Crippen LogP contribution in [-0.2, 0) is 32.1 Å². The molecule has 2 aliphatic rings. The van der Waals surface area contributed by atoms with Gasteiger partial charge in [-0.05, 0) is 79.0 Å². The van der Waals surface area contributed by atoms with Crippen molar-refractivity contribution in [3.63, 3.8) is 0 Å². The molecule has 2 aromatic carbocycles. The van der Waals surface area contributed by atoms with Crippen LogP contribution in [0.3, 0.4) is 0 Å². The molecule has 0 bridgehead atoms. The molecule has 0 radical (unpaired) electrons. The fraction of sp³-hybridized carbons (Fsp3) is 0.333. The number of H-pyrrole nitrogens is 2. The van der Waals surface area contributed by atoms with Gasteiger partial charge in [-0.3, -0.25) is 9.97 Å². The van der Waals surface area contributed by atoms with Crippen LogP contribution in [0.25, 0.3) is 50.7 Å². The Bertz CT molecular complexity index is 2310. The van der Waals surface area contributed by atoms with E-state index in [4.69, 9.17) is 24.5 Å². The van der Waals surface area contributed by atoms with E-state index in [9.17, 15) is 9.59 Å². The number of carbonyl (C=O) groups is 2. The number of nitrogens with one attached hydrogen (secondary N) is 2. The molecule has 4 aromatic heterocycles. The van der Waals surface area contributed by atoms with Gasteiger partial charge in [-0.2, -0.15) is 0 Å². The standard InChI is InChI=1S/C22H23N3O2.C20H20ClN3O2.O.Pd/c1-3-17-20(24-12-11-23-17)21-19(14-7-5-4-6-8-14)16-10-9-15(22(26)27-2)13-18(16)25-21;1-26-20(25)13-7-8-14-15(11-13)24-17(18-19(21)23-10-9-22-18)16(14)12-5-3-2-4-6-12;;/h3,9-14,25H,1,4-8H2,2H3;7-12,24H,2-6H2,1H3;;. The molecule has 0 spiro atoms. The monoisotopic (exact) mass is 852 g/mol. The Morgan fingerprint density at radius 3 is 1.58 bits per heavy atom. The number of carbonyl (C=O) groups excluding carboxylic acids is 2. The molecule has 2 fully saturated rings. The van der Waals surface area contributed by atoms with E-state index in [2.05, 4.69) is 36.5 Å². The van der Waals surface area contributed by atoms with Crippen LogP contribution >= 0.6 is 11.6 Å². The number of methoxy groups -OCH3 is 2. The average molecular weight is 854 g/mol. The quantitative estimate of drug-likeness (QED) is 0.118. The van der Waals surface area contributed by atoms with E-state index in [-0.39, 0.29) is 11.9 Å². The summed E-state index contributed by atoms with van der Waals surface area (Å²) in [4.78, 5) is 48.4. The summed E-state index contributed by atoms with van der Waals surface area (Å²) in [5.74, 6) is 0.249. The summed E-state index contributed by atoms with van der Waals surface area (Å²) in [5, 5.41) is 2.63. The summed E-state index contributed by atoms with van der Waals surface area (Å²) in [5.41, 5.74) is 9.52. The SMILES string of the molecule is C=Cc1nccnc1-c1[nH]c2cc(C(=O)OC)ccc2c1C1CCCCC1.COC(=O)c1ccc2c(C3CCCCC3)c(-c3nccnc3Cl)[nH]c2c1.[O]=[Pd]. The van der Waals surface area contributed by atoms with E-state index in [0.717, 1.165) is 57.4 Å². The molecule has 288 valence electrons. The molecule has 4 heterocycles. The fourth-order valence-corrected chi connectivity index (χ4v) is 8.31. The Morgan fingerprint density at radius 1 is 0.691 bits per heavy atom. The second-order valence-corrected chi connectivity index (χ2v) is 14.0.